The molecule has 1 aromatic rings. The second-order valence-corrected chi connectivity index (χ2v) is 5.20. The number of fused-ring (bicyclic) bond motifs is 2. The first-order chi connectivity index (χ1) is 7.74. The molecule has 2 bridgehead atoms. The summed E-state index contributed by atoms with van der Waals surface area (Å²) >= 11 is 0. The average Bonchev–Trinajstić information content (AvgIpc) is 2.85. The van der Waals surface area contributed by atoms with Gasteiger partial charge in [-0.3, -0.25) is 0 Å². The van der Waals surface area contributed by atoms with Crippen LogP contribution < -0.4 is 4.74 Å². The number of ether oxygens (including phenoxy) is 1. The first-order valence-electron chi connectivity index (χ1n) is 6.16. The van der Waals surface area contributed by atoms with Gasteiger partial charge in [0.1, 0.15) is 11.9 Å². The molecule has 1 fully saturated rings. The van der Waals surface area contributed by atoms with E-state index in [4.69, 9.17) is 4.74 Å². The smallest absolute Gasteiger partial charge is 0.119 e. The van der Waals surface area contributed by atoms with E-state index in [1.165, 1.54) is 12.0 Å². The Bertz CT molecular complexity index is 404. The normalized spacial score (nSPS) is 35.6. The zero-order chi connectivity index (χ0) is 11.1. The molecule has 0 N–H and O–H groups in total. The van der Waals surface area contributed by atoms with Gasteiger partial charge in [0.2, 0.25) is 0 Å². The van der Waals surface area contributed by atoms with Crippen LogP contribution in [0.3, 0.4) is 0 Å². The van der Waals surface area contributed by atoms with Gasteiger partial charge in [-0.25, -0.2) is 0 Å². The predicted molar refractivity (Wildman–Crippen MR) is 65.5 cm³/mol. The van der Waals surface area contributed by atoms with Crippen LogP contribution in [0.2, 0.25) is 0 Å². The molecular formula is C15H18O. The van der Waals surface area contributed by atoms with E-state index in [1.54, 1.807) is 0 Å². The van der Waals surface area contributed by atoms with Crippen LogP contribution in [0.1, 0.15) is 18.9 Å². The van der Waals surface area contributed by atoms with Crippen molar-refractivity contribution in [3.05, 3.63) is 42.0 Å². The molecule has 3 rings (SSSR count). The lowest BCUT2D eigenvalue weighted by Gasteiger charge is -2.25. The molecule has 1 aromatic carbocycles. The molecule has 1 saturated carbocycles. The van der Waals surface area contributed by atoms with Crippen molar-refractivity contribution >= 4 is 0 Å². The Morgan fingerprint density at radius 3 is 2.38 bits per heavy atom. The van der Waals surface area contributed by atoms with Gasteiger partial charge < -0.3 is 4.74 Å². The molecule has 4 atom stereocenters. The van der Waals surface area contributed by atoms with E-state index in [0.29, 0.717) is 17.9 Å². The number of aryl methyl sites for hydroxylation is 1. The van der Waals surface area contributed by atoms with Crippen LogP contribution in [0.5, 0.6) is 5.75 Å². The molecule has 1 heteroatoms. The van der Waals surface area contributed by atoms with Gasteiger partial charge in [0, 0.05) is 5.92 Å². The maximum absolute atomic E-state index is 6.13. The minimum absolute atomic E-state index is 0.387. The number of hydrogen-bond donors (Lipinski definition) is 0. The first-order valence-corrected chi connectivity index (χ1v) is 6.16. The topological polar surface area (TPSA) is 9.23 Å². The molecule has 0 unspecified atom stereocenters. The predicted octanol–water partition coefficient (Wildman–Crippen LogP) is 3.58. The van der Waals surface area contributed by atoms with Gasteiger partial charge in [-0.1, -0.05) is 36.8 Å². The van der Waals surface area contributed by atoms with E-state index >= 15 is 0 Å². The van der Waals surface area contributed by atoms with Gasteiger partial charge in [-0.05, 0) is 37.3 Å². The molecule has 0 amide bonds. The molecule has 0 radical (unpaired) electrons. The van der Waals surface area contributed by atoms with Gasteiger partial charge in [0.05, 0.1) is 0 Å². The molecule has 0 aromatic heterocycles. The van der Waals surface area contributed by atoms with Crippen molar-refractivity contribution in [2.24, 2.45) is 17.8 Å². The summed E-state index contributed by atoms with van der Waals surface area (Å²) in [5, 5.41) is 0. The third-order valence-corrected chi connectivity index (χ3v) is 4.06. The number of rotatable bonds is 2. The van der Waals surface area contributed by atoms with Crippen LogP contribution in [-0.2, 0) is 0 Å². The Hall–Kier alpha value is -1.24. The monoisotopic (exact) mass is 214 g/mol. The molecule has 0 spiro atoms. The van der Waals surface area contributed by atoms with Gasteiger partial charge in [-0.2, -0.15) is 0 Å². The molecule has 1 nitrogen and oxygen atoms in total. The highest BCUT2D eigenvalue weighted by atomic mass is 16.5. The van der Waals surface area contributed by atoms with Crippen molar-refractivity contribution in [2.45, 2.75) is 26.4 Å². The molecule has 84 valence electrons. The SMILES string of the molecule is Cc1ccc(O[C@H]2[C@H](C)[C@H]3C=C[C@@H]2C3)cc1. The fourth-order valence-corrected chi connectivity index (χ4v) is 2.99. The van der Waals surface area contributed by atoms with Crippen LogP contribution in [-0.4, -0.2) is 6.10 Å². The lowest BCUT2D eigenvalue weighted by atomic mass is 9.93. The van der Waals surface area contributed by atoms with Crippen molar-refractivity contribution in [2.75, 3.05) is 0 Å². The minimum Gasteiger partial charge on any atom is -0.490 e. The molecule has 16 heavy (non-hydrogen) atoms. The number of benzene rings is 1. The number of allylic oxidation sites excluding steroid dienone is 1. The highest BCUT2D eigenvalue weighted by Gasteiger charge is 2.43. The van der Waals surface area contributed by atoms with E-state index in [9.17, 15) is 0 Å². The maximum Gasteiger partial charge on any atom is 0.119 e. The van der Waals surface area contributed by atoms with Crippen molar-refractivity contribution in [1.29, 1.82) is 0 Å². The van der Waals surface area contributed by atoms with Crippen molar-refractivity contribution < 1.29 is 4.74 Å². The maximum atomic E-state index is 6.13. The van der Waals surface area contributed by atoms with E-state index in [0.717, 1.165) is 11.7 Å². The summed E-state index contributed by atoms with van der Waals surface area (Å²) < 4.78 is 6.13. The van der Waals surface area contributed by atoms with E-state index in [-0.39, 0.29) is 0 Å². The highest BCUT2D eigenvalue weighted by Crippen LogP contribution is 2.45. The fourth-order valence-electron chi connectivity index (χ4n) is 2.99. The summed E-state index contributed by atoms with van der Waals surface area (Å²) in [6.07, 6.45) is 6.38. The standard InChI is InChI=1S/C15H18O/c1-10-3-7-14(8-4-10)16-15-11(2)12-5-6-13(15)9-12/h3-8,11-13,15H,9H2,1-2H3/t11-,12+,13-,15+/m1/s1. The Morgan fingerprint density at radius 1 is 1.06 bits per heavy atom. The summed E-state index contributed by atoms with van der Waals surface area (Å²) in [6, 6.07) is 8.39. The first kappa shape index (κ1) is 9.95. The highest BCUT2D eigenvalue weighted by molar-refractivity contribution is 5.27. The average molecular weight is 214 g/mol. The van der Waals surface area contributed by atoms with E-state index in [2.05, 4.69) is 50.3 Å². The Kier molecular flexibility index (Phi) is 2.27. The fraction of sp³-hybridized carbons (Fsp3) is 0.467. The molecular weight excluding hydrogens is 196 g/mol. The Labute approximate surface area is 97.1 Å². The van der Waals surface area contributed by atoms with Gasteiger partial charge in [-0.15, -0.1) is 0 Å². The lowest BCUT2D eigenvalue weighted by Crippen LogP contribution is -2.28. The van der Waals surface area contributed by atoms with E-state index in [1.807, 2.05) is 0 Å². The van der Waals surface area contributed by atoms with Crippen LogP contribution in [0.15, 0.2) is 36.4 Å². The van der Waals surface area contributed by atoms with Crippen molar-refractivity contribution in [3.63, 3.8) is 0 Å². The summed E-state index contributed by atoms with van der Waals surface area (Å²) in [5.74, 6) is 3.07. The molecule has 2 aliphatic rings. The van der Waals surface area contributed by atoms with Gasteiger partial charge in [0.25, 0.3) is 0 Å². The quantitative estimate of drug-likeness (QED) is 0.684. The zero-order valence-corrected chi connectivity index (χ0v) is 9.89. The Balaban J connectivity index is 1.76. The van der Waals surface area contributed by atoms with Crippen molar-refractivity contribution in [1.82, 2.24) is 0 Å². The second-order valence-electron chi connectivity index (χ2n) is 5.20. The summed E-state index contributed by atoms with van der Waals surface area (Å²) in [5.41, 5.74) is 1.29. The molecule has 0 saturated heterocycles. The summed E-state index contributed by atoms with van der Waals surface area (Å²) in [4.78, 5) is 0. The lowest BCUT2D eigenvalue weighted by molar-refractivity contribution is 0.130. The molecule has 0 aliphatic heterocycles. The van der Waals surface area contributed by atoms with Crippen LogP contribution in [0, 0.1) is 24.7 Å². The van der Waals surface area contributed by atoms with E-state index < -0.39 is 0 Å². The Morgan fingerprint density at radius 2 is 1.75 bits per heavy atom. The largest absolute Gasteiger partial charge is 0.490 e. The molecule has 0 heterocycles. The molecule has 2 aliphatic carbocycles. The number of hydrogen-bond acceptors (Lipinski definition) is 1. The minimum atomic E-state index is 0.387. The van der Waals surface area contributed by atoms with Gasteiger partial charge in [0.15, 0.2) is 0 Å². The zero-order valence-electron chi connectivity index (χ0n) is 9.89. The second kappa shape index (κ2) is 3.65. The third kappa shape index (κ3) is 1.55. The summed E-state index contributed by atoms with van der Waals surface area (Å²) in [7, 11) is 0. The van der Waals surface area contributed by atoms with Gasteiger partial charge >= 0.3 is 0 Å². The van der Waals surface area contributed by atoms with Crippen molar-refractivity contribution in [3.8, 4) is 5.75 Å². The third-order valence-electron chi connectivity index (χ3n) is 4.06. The van der Waals surface area contributed by atoms with Crippen LogP contribution in [0.25, 0.3) is 0 Å². The van der Waals surface area contributed by atoms with Crippen LogP contribution >= 0.6 is 0 Å². The summed E-state index contributed by atoms with van der Waals surface area (Å²) in [6.45, 7) is 4.42. The van der Waals surface area contributed by atoms with Crippen LogP contribution in [0.4, 0.5) is 0 Å².